The van der Waals surface area contributed by atoms with Gasteiger partial charge in [-0.05, 0) is 31.2 Å². The van der Waals surface area contributed by atoms with Crippen LogP contribution in [-0.2, 0) is 0 Å². The van der Waals surface area contributed by atoms with Gasteiger partial charge in [-0.2, -0.15) is 0 Å². The zero-order chi connectivity index (χ0) is 8.97. The molecular weight excluding hydrogens is 216 g/mol. The number of nitrogens with zero attached hydrogens (tertiary/aromatic N) is 1. The van der Waals surface area contributed by atoms with Crippen molar-refractivity contribution in [1.29, 1.82) is 0 Å². The van der Waals surface area contributed by atoms with Crippen LogP contribution >= 0.6 is 15.9 Å². The molecule has 1 atom stereocenters. The predicted molar refractivity (Wildman–Crippen MR) is 56.7 cm³/mol. The lowest BCUT2D eigenvalue weighted by molar-refractivity contribution is 1.02. The lowest BCUT2D eigenvalue weighted by Gasteiger charge is -2.14. The molecule has 2 N–H and O–H groups in total. The van der Waals surface area contributed by atoms with Gasteiger partial charge in [-0.3, -0.25) is 4.99 Å². The maximum Gasteiger partial charge on any atom is 0.0618 e. The summed E-state index contributed by atoms with van der Waals surface area (Å²) in [7, 11) is 0. The van der Waals surface area contributed by atoms with E-state index in [1.165, 1.54) is 0 Å². The Morgan fingerprint density at radius 2 is 2.58 bits per heavy atom. The van der Waals surface area contributed by atoms with E-state index in [1.54, 1.807) is 6.20 Å². The topological polar surface area (TPSA) is 38.4 Å². The van der Waals surface area contributed by atoms with Crippen molar-refractivity contribution in [2.45, 2.75) is 18.2 Å². The van der Waals surface area contributed by atoms with Crippen molar-refractivity contribution >= 4 is 21.6 Å². The zero-order valence-electron chi connectivity index (χ0n) is 7.13. The molecule has 0 aliphatic heterocycles. The summed E-state index contributed by atoms with van der Waals surface area (Å²) >= 11 is 3.51. The number of hydrogen-bond donors (Lipinski definition) is 1. The molecule has 0 fully saturated rings. The van der Waals surface area contributed by atoms with Gasteiger partial charge in [-0.1, -0.05) is 22.0 Å². The van der Waals surface area contributed by atoms with E-state index >= 15 is 0 Å². The van der Waals surface area contributed by atoms with Crippen molar-refractivity contribution in [1.82, 2.24) is 0 Å². The average molecular weight is 229 g/mol. The van der Waals surface area contributed by atoms with Crippen LogP contribution in [0.2, 0.25) is 0 Å². The number of rotatable bonds is 1. The summed E-state index contributed by atoms with van der Waals surface area (Å²) < 4.78 is 0. The quantitative estimate of drug-likeness (QED) is 0.686. The first-order chi connectivity index (χ1) is 5.77. The van der Waals surface area contributed by atoms with Crippen LogP contribution in [0.1, 0.15) is 13.3 Å². The molecule has 2 nitrogen and oxygen atoms in total. The van der Waals surface area contributed by atoms with Crippen molar-refractivity contribution in [3.8, 4) is 0 Å². The van der Waals surface area contributed by atoms with E-state index in [-0.39, 0.29) is 0 Å². The van der Waals surface area contributed by atoms with Gasteiger partial charge in [-0.25, -0.2) is 0 Å². The van der Waals surface area contributed by atoms with E-state index in [2.05, 4.69) is 27.0 Å². The number of allylic oxidation sites excluding steroid dienone is 3. The highest BCUT2D eigenvalue weighted by Crippen LogP contribution is 2.20. The summed E-state index contributed by atoms with van der Waals surface area (Å²) in [5, 5.41) is 0. The molecule has 0 bridgehead atoms. The molecule has 0 amide bonds. The Labute approximate surface area is 81.4 Å². The minimum Gasteiger partial charge on any atom is -0.404 e. The van der Waals surface area contributed by atoms with Crippen LogP contribution in [0, 0.1) is 0 Å². The van der Waals surface area contributed by atoms with Crippen molar-refractivity contribution in [2.24, 2.45) is 10.7 Å². The van der Waals surface area contributed by atoms with Crippen LogP contribution < -0.4 is 5.73 Å². The van der Waals surface area contributed by atoms with Crippen LogP contribution in [0.25, 0.3) is 0 Å². The SMILES string of the molecule is CCN=C1C=CC(Br)CC1=CN. The molecule has 0 aromatic carbocycles. The molecule has 0 aromatic rings. The van der Waals surface area contributed by atoms with Crippen molar-refractivity contribution < 1.29 is 0 Å². The first kappa shape index (κ1) is 9.52. The standard InChI is InChI=1S/C9H13BrN2/c1-2-12-9-4-3-8(10)5-7(9)6-11/h3-4,6,8H,2,5,11H2,1H3. The third-order valence-electron chi connectivity index (χ3n) is 1.74. The Morgan fingerprint density at radius 1 is 1.83 bits per heavy atom. The molecule has 1 unspecified atom stereocenters. The van der Waals surface area contributed by atoms with Gasteiger partial charge in [0.05, 0.1) is 5.71 Å². The second-order valence-corrected chi connectivity index (χ2v) is 3.81. The van der Waals surface area contributed by atoms with Crippen LogP contribution in [-0.4, -0.2) is 17.1 Å². The third kappa shape index (κ3) is 2.21. The molecule has 0 saturated heterocycles. The van der Waals surface area contributed by atoms with Gasteiger partial charge in [-0.15, -0.1) is 0 Å². The third-order valence-corrected chi connectivity index (χ3v) is 2.37. The molecule has 66 valence electrons. The summed E-state index contributed by atoms with van der Waals surface area (Å²) in [6, 6.07) is 0. The maximum absolute atomic E-state index is 5.49. The second-order valence-electron chi connectivity index (χ2n) is 2.63. The first-order valence-electron chi connectivity index (χ1n) is 4.05. The normalized spacial score (nSPS) is 30.0. The van der Waals surface area contributed by atoms with E-state index in [9.17, 15) is 0 Å². The smallest absolute Gasteiger partial charge is 0.0618 e. The van der Waals surface area contributed by atoms with Crippen molar-refractivity contribution in [2.75, 3.05) is 6.54 Å². The monoisotopic (exact) mass is 228 g/mol. The van der Waals surface area contributed by atoms with E-state index in [0.29, 0.717) is 4.83 Å². The second kappa shape index (κ2) is 4.45. The van der Waals surface area contributed by atoms with Gasteiger partial charge in [0.15, 0.2) is 0 Å². The fraction of sp³-hybridized carbons (Fsp3) is 0.444. The number of aliphatic imine (C=N–C) groups is 1. The lowest BCUT2D eigenvalue weighted by atomic mass is 10.00. The largest absolute Gasteiger partial charge is 0.404 e. The molecule has 12 heavy (non-hydrogen) atoms. The average Bonchev–Trinajstić information content (AvgIpc) is 2.08. The van der Waals surface area contributed by atoms with E-state index in [1.807, 2.05) is 13.0 Å². The first-order valence-corrected chi connectivity index (χ1v) is 4.97. The fourth-order valence-corrected chi connectivity index (χ4v) is 1.66. The van der Waals surface area contributed by atoms with Gasteiger partial charge in [0.1, 0.15) is 0 Å². The van der Waals surface area contributed by atoms with Gasteiger partial charge in [0.2, 0.25) is 0 Å². The van der Waals surface area contributed by atoms with Gasteiger partial charge in [0, 0.05) is 11.4 Å². The molecule has 3 heteroatoms. The van der Waals surface area contributed by atoms with Crippen LogP contribution in [0.3, 0.4) is 0 Å². The highest BCUT2D eigenvalue weighted by molar-refractivity contribution is 9.09. The molecule has 0 saturated carbocycles. The summed E-state index contributed by atoms with van der Waals surface area (Å²) in [5.74, 6) is 0. The van der Waals surface area contributed by atoms with Crippen LogP contribution in [0.15, 0.2) is 28.9 Å². The van der Waals surface area contributed by atoms with E-state index < -0.39 is 0 Å². The molecule has 1 rings (SSSR count). The Morgan fingerprint density at radius 3 is 3.17 bits per heavy atom. The van der Waals surface area contributed by atoms with E-state index in [4.69, 9.17) is 5.73 Å². The Bertz CT molecular complexity index is 241. The van der Waals surface area contributed by atoms with E-state index in [0.717, 1.165) is 24.3 Å². The highest BCUT2D eigenvalue weighted by atomic mass is 79.9. The van der Waals surface area contributed by atoms with Crippen molar-refractivity contribution in [3.05, 3.63) is 23.9 Å². The number of halogens is 1. The molecule has 1 aliphatic carbocycles. The minimum atomic E-state index is 0.406. The fourth-order valence-electron chi connectivity index (χ4n) is 1.16. The van der Waals surface area contributed by atoms with Crippen molar-refractivity contribution in [3.63, 3.8) is 0 Å². The number of hydrogen-bond acceptors (Lipinski definition) is 2. The Kier molecular flexibility index (Phi) is 3.53. The highest BCUT2D eigenvalue weighted by Gasteiger charge is 2.13. The summed E-state index contributed by atoms with van der Waals surface area (Å²) in [6.07, 6.45) is 6.70. The minimum absolute atomic E-state index is 0.406. The number of alkyl halides is 1. The lowest BCUT2D eigenvalue weighted by Crippen LogP contribution is -2.12. The van der Waals surface area contributed by atoms with Crippen LogP contribution in [0.4, 0.5) is 0 Å². The van der Waals surface area contributed by atoms with Crippen LogP contribution in [0.5, 0.6) is 0 Å². The van der Waals surface area contributed by atoms with Gasteiger partial charge < -0.3 is 5.73 Å². The maximum atomic E-state index is 5.49. The molecule has 0 aromatic heterocycles. The van der Waals surface area contributed by atoms with Gasteiger partial charge >= 0.3 is 0 Å². The molecule has 1 aliphatic rings. The molecule has 0 radical (unpaired) electrons. The van der Waals surface area contributed by atoms with Gasteiger partial charge in [0.25, 0.3) is 0 Å². The summed E-state index contributed by atoms with van der Waals surface area (Å²) in [6.45, 7) is 2.83. The summed E-state index contributed by atoms with van der Waals surface area (Å²) in [4.78, 5) is 4.74. The zero-order valence-corrected chi connectivity index (χ0v) is 8.71. The summed E-state index contributed by atoms with van der Waals surface area (Å²) in [5.41, 5.74) is 7.64. The predicted octanol–water partition coefficient (Wildman–Crippen LogP) is 2.01. The Hall–Kier alpha value is -0.570. The molecular formula is C9H13BrN2. The molecule has 0 heterocycles. The molecule has 0 spiro atoms. The Balaban J connectivity index is 2.86. The number of nitrogens with two attached hydrogens (primary N) is 1.